The Bertz CT molecular complexity index is 1540. The first-order valence-corrected chi connectivity index (χ1v) is 13.3. The van der Waals surface area contributed by atoms with Gasteiger partial charge in [0.2, 0.25) is 5.95 Å². The lowest BCUT2D eigenvalue weighted by Gasteiger charge is -2.27. The molecule has 0 radical (unpaired) electrons. The van der Waals surface area contributed by atoms with Gasteiger partial charge in [0.1, 0.15) is 11.6 Å². The van der Waals surface area contributed by atoms with Crippen LogP contribution in [-0.2, 0) is 0 Å². The lowest BCUT2D eigenvalue weighted by Crippen LogP contribution is -2.33. The van der Waals surface area contributed by atoms with Crippen LogP contribution in [0.15, 0.2) is 48.7 Å². The summed E-state index contributed by atoms with van der Waals surface area (Å²) in [5.41, 5.74) is 3.28. The van der Waals surface area contributed by atoms with E-state index in [-0.39, 0.29) is 17.7 Å². The highest BCUT2D eigenvalue weighted by atomic mass is 32.2. The van der Waals surface area contributed by atoms with Crippen LogP contribution in [0.4, 0.5) is 14.7 Å². The summed E-state index contributed by atoms with van der Waals surface area (Å²) in [6.07, 6.45) is 2.13. The Kier molecular flexibility index (Phi) is 5.27. The summed E-state index contributed by atoms with van der Waals surface area (Å²) in [6, 6.07) is 11.9. The fourth-order valence-electron chi connectivity index (χ4n) is 5.64. The van der Waals surface area contributed by atoms with Crippen LogP contribution in [-0.4, -0.2) is 56.6 Å². The molecule has 11 heteroatoms. The molecule has 2 bridgehead atoms. The van der Waals surface area contributed by atoms with Gasteiger partial charge in [-0.15, -0.1) is 0 Å². The van der Waals surface area contributed by atoms with Crippen molar-refractivity contribution in [1.82, 2.24) is 24.8 Å². The van der Waals surface area contributed by atoms with E-state index in [1.165, 1.54) is 0 Å². The molecule has 0 saturated carbocycles. The second kappa shape index (κ2) is 8.69. The number of aromatic nitrogens is 4. The summed E-state index contributed by atoms with van der Waals surface area (Å²) in [5.74, 6) is 2.86. The number of amides is 1. The smallest absolute Gasteiger partial charge is 0.387 e. The number of thioether (sulfide) groups is 1. The third-order valence-electron chi connectivity index (χ3n) is 7.20. The number of fused-ring (bicyclic) bond motifs is 9. The maximum Gasteiger partial charge on any atom is 0.387 e. The van der Waals surface area contributed by atoms with Crippen LogP contribution in [0.1, 0.15) is 40.3 Å². The summed E-state index contributed by atoms with van der Waals surface area (Å²) in [7, 11) is 0. The van der Waals surface area contributed by atoms with Crippen molar-refractivity contribution in [2.24, 2.45) is 0 Å². The number of para-hydroxylation sites is 2. The van der Waals surface area contributed by atoms with E-state index >= 15 is 0 Å². The molecule has 0 aliphatic carbocycles. The highest BCUT2D eigenvalue weighted by Crippen LogP contribution is 2.49. The number of hydrogen-bond donors (Lipinski definition) is 1. The van der Waals surface area contributed by atoms with Crippen LogP contribution >= 0.6 is 11.8 Å². The summed E-state index contributed by atoms with van der Waals surface area (Å²) in [5, 5.41) is 3.04. The van der Waals surface area contributed by atoms with E-state index in [1.54, 1.807) is 24.4 Å². The van der Waals surface area contributed by atoms with Crippen LogP contribution < -0.4 is 15.0 Å². The topological polar surface area (TPSA) is 85.2 Å². The van der Waals surface area contributed by atoms with Crippen molar-refractivity contribution >= 4 is 34.7 Å². The quantitative estimate of drug-likeness (QED) is 0.426. The van der Waals surface area contributed by atoms with E-state index in [2.05, 4.69) is 15.2 Å². The summed E-state index contributed by atoms with van der Waals surface area (Å²) >= 11 is 1.88. The van der Waals surface area contributed by atoms with Gasteiger partial charge in [-0.1, -0.05) is 12.1 Å². The minimum Gasteiger partial charge on any atom is -0.434 e. The summed E-state index contributed by atoms with van der Waals surface area (Å²) < 4.78 is 35.1. The molecule has 2 aromatic heterocycles. The number of ether oxygens (including phenoxy) is 1. The summed E-state index contributed by atoms with van der Waals surface area (Å²) in [4.78, 5) is 29.2. The number of hydrogen-bond acceptors (Lipinski definition) is 7. The molecule has 188 valence electrons. The number of anilines is 1. The monoisotopic (exact) mass is 520 g/mol. The van der Waals surface area contributed by atoms with Crippen molar-refractivity contribution in [3.63, 3.8) is 0 Å². The van der Waals surface area contributed by atoms with E-state index in [9.17, 15) is 13.6 Å². The van der Waals surface area contributed by atoms with Crippen LogP contribution in [0.3, 0.4) is 0 Å². The zero-order valence-corrected chi connectivity index (χ0v) is 20.4. The zero-order chi connectivity index (χ0) is 25.1. The molecule has 5 heterocycles. The van der Waals surface area contributed by atoms with Gasteiger partial charge < -0.3 is 19.5 Å². The molecule has 8 nitrogen and oxygen atoms in total. The van der Waals surface area contributed by atoms with Crippen LogP contribution in [0.5, 0.6) is 5.75 Å². The van der Waals surface area contributed by atoms with Gasteiger partial charge in [-0.25, -0.2) is 15.0 Å². The molecule has 37 heavy (non-hydrogen) atoms. The van der Waals surface area contributed by atoms with Crippen molar-refractivity contribution < 1.29 is 18.3 Å². The van der Waals surface area contributed by atoms with Crippen molar-refractivity contribution in [2.75, 3.05) is 29.5 Å². The van der Waals surface area contributed by atoms with E-state index in [0.717, 1.165) is 35.6 Å². The summed E-state index contributed by atoms with van der Waals surface area (Å²) in [6.45, 7) is -1.44. The van der Waals surface area contributed by atoms with Crippen molar-refractivity contribution in [3.05, 3.63) is 65.6 Å². The number of carbonyl (C=O) groups excluding carboxylic acids is 1. The second-order valence-electron chi connectivity index (χ2n) is 9.23. The maximum absolute atomic E-state index is 13.9. The Labute approximate surface area is 215 Å². The molecule has 0 unspecified atom stereocenters. The van der Waals surface area contributed by atoms with Gasteiger partial charge in [-0.05, 0) is 36.8 Å². The molecule has 1 N–H and O–H groups in total. The number of nitrogens with zero attached hydrogens (tertiary/aromatic N) is 5. The van der Waals surface area contributed by atoms with Gasteiger partial charge in [0, 0.05) is 47.5 Å². The third-order valence-corrected chi connectivity index (χ3v) is 8.15. The van der Waals surface area contributed by atoms with Gasteiger partial charge in [0.25, 0.3) is 5.91 Å². The third kappa shape index (κ3) is 3.63. The minimum absolute atomic E-state index is 0.0298. The molecular formula is C26H22F2N6O2S. The fourth-order valence-corrected chi connectivity index (χ4v) is 6.54. The number of rotatable bonds is 4. The number of benzene rings is 2. The number of imidazole rings is 1. The molecule has 2 atom stereocenters. The second-order valence-corrected chi connectivity index (χ2v) is 10.5. The largest absolute Gasteiger partial charge is 0.434 e. The highest BCUT2D eigenvalue weighted by Gasteiger charge is 2.43. The van der Waals surface area contributed by atoms with Crippen molar-refractivity contribution in [3.8, 4) is 17.0 Å². The minimum atomic E-state index is -3.08. The van der Waals surface area contributed by atoms with Gasteiger partial charge in [0.05, 0.1) is 28.8 Å². The van der Waals surface area contributed by atoms with Gasteiger partial charge >= 0.3 is 6.61 Å². The molecule has 1 fully saturated rings. The van der Waals surface area contributed by atoms with Gasteiger partial charge in [0.15, 0.2) is 0 Å². The first kappa shape index (κ1) is 22.5. The molecule has 0 spiro atoms. The molecule has 1 saturated heterocycles. The Balaban J connectivity index is 1.43. The van der Waals surface area contributed by atoms with Crippen LogP contribution in [0.25, 0.3) is 22.3 Å². The molecule has 7 rings (SSSR count). The van der Waals surface area contributed by atoms with E-state index in [0.29, 0.717) is 40.6 Å². The van der Waals surface area contributed by atoms with Gasteiger partial charge in [-0.3, -0.25) is 4.79 Å². The number of carbonyl (C=O) groups is 1. The molecule has 3 aliphatic heterocycles. The average molecular weight is 521 g/mol. The Hall–Kier alpha value is -3.73. The lowest BCUT2D eigenvalue weighted by molar-refractivity contribution is -0.0503. The van der Waals surface area contributed by atoms with Crippen molar-refractivity contribution in [1.29, 1.82) is 0 Å². The van der Waals surface area contributed by atoms with Crippen molar-refractivity contribution in [2.45, 2.75) is 25.1 Å². The van der Waals surface area contributed by atoms with E-state index in [4.69, 9.17) is 14.7 Å². The zero-order valence-electron chi connectivity index (χ0n) is 19.6. The Morgan fingerprint density at radius 1 is 1.05 bits per heavy atom. The van der Waals surface area contributed by atoms with Crippen LogP contribution in [0.2, 0.25) is 0 Å². The van der Waals surface area contributed by atoms with Gasteiger partial charge in [-0.2, -0.15) is 20.5 Å². The molecule has 1 amide bonds. The SMILES string of the molecule is O=C1N[C@@H]2C[C@H](c3c1ccc(-c1ccnc(N4CCSCC4)n1)c3OC(F)F)n1c2nc2ccccc21. The average Bonchev–Trinajstić information content (AvgIpc) is 3.41. The van der Waals surface area contributed by atoms with E-state index < -0.39 is 12.7 Å². The lowest BCUT2D eigenvalue weighted by atomic mass is 9.93. The first-order valence-electron chi connectivity index (χ1n) is 12.1. The predicted molar refractivity (Wildman–Crippen MR) is 136 cm³/mol. The predicted octanol–water partition coefficient (Wildman–Crippen LogP) is 4.43. The van der Waals surface area contributed by atoms with Crippen LogP contribution in [0, 0.1) is 0 Å². The highest BCUT2D eigenvalue weighted by molar-refractivity contribution is 7.99. The molecule has 2 aromatic carbocycles. The maximum atomic E-state index is 13.9. The first-order chi connectivity index (χ1) is 18.1. The normalized spacial score (nSPS) is 20.5. The molecule has 4 aromatic rings. The molecule has 3 aliphatic rings. The Morgan fingerprint density at radius 2 is 1.86 bits per heavy atom. The number of alkyl halides is 2. The Morgan fingerprint density at radius 3 is 2.70 bits per heavy atom. The fraction of sp³-hybridized carbons (Fsp3) is 0.308. The molecular weight excluding hydrogens is 498 g/mol. The number of nitrogens with one attached hydrogen (secondary N) is 1. The standard InChI is InChI=1S/C26H22F2N6O2S/c27-25(28)36-22-14(16-7-8-29-26(32-16)33-9-11-37-12-10-33)5-6-15-21(22)20-13-18(31-24(15)35)23-30-17-3-1-2-4-19(17)34(20)23/h1-8,18,20,25H,9-13H2,(H,31,35)/t18-,20-/m1/s1. The van der Waals surface area contributed by atoms with E-state index in [1.807, 2.05) is 40.6 Å². The number of halogens is 2.